The van der Waals surface area contributed by atoms with Crippen molar-refractivity contribution in [2.45, 2.75) is 53.2 Å². The summed E-state index contributed by atoms with van der Waals surface area (Å²) < 4.78 is 36.1. The van der Waals surface area contributed by atoms with Gasteiger partial charge >= 0.3 is 0 Å². The maximum atomic E-state index is 13.6. The molecule has 0 amide bonds. The molecule has 0 saturated carbocycles. The van der Waals surface area contributed by atoms with Gasteiger partial charge in [0.1, 0.15) is 12.3 Å². The van der Waals surface area contributed by atoms with Crippen LogP contribution in [0, 0.1) is 6.92 Å². The molecule has 0 radical (unpaired) electrons. The number of hydrogen-bond donors (Lipinski definition) is 2. The number of pyridine rings is 2. The number of aryl methyl sites for hydroxylation is 1. The van der Waals surface area contributed by atoms with E-state index in [9.17, 15) is 13.9 Å². The lowest BCUT2D eigenvalue weighted by molar-refractivity contribution is -0.122. The maximum Gasteiger partial charge on any atom is 0.290 e. The van der Waals surface area contributed by atoms with Gasteiger partial charge in [0.25, 0.3) is 12.4 Å². The number of rotatable bonds is 10. The van der Waals surface area contributed by atoms with Gasteiger partial charge in [-0.15, -0.1) is 10.2 Å². The molecule has 0 aliphatic carbocycles. The van der Waals surface area contributed by atoms with Gasteiger partial charge in [-0.2, -0.15) is 10.2 Å². The second-order valence-electron chi connectivity index (χ2n) is 10.1. The molecule has 0 aliphatic rings. The van der Waals surface area contributed by atoms with Crippen LogP contribution in [0.5, 0.6) is 11.6 Å². The summed E-state index contributed by atoms with van der Waals surface area (Å²) in [5.74, 6) is -1.23. The minimum Gasteiger partial charge on any atom is -0.483 e. The number of alkyl halides is 2. The van der Waals surface area contributed by atoms with Crippen molar-refractivity contribution in [1.82, 2.24) is 34.6 Å². The van der Waals surface area contributed by atoms with Crippen LogP contribution < -0.4 is 9.64 Å². The van der Waals surface area contributed by atoms with Crippen LogP contribution in [0.2, 0.25) is 0 Å². The minimum absolute atomic E-state index is 0.250. The molecule has 2 N–H and O–H groups in total. The van der Waals surface area contributed by atoms with Crippen molar-refractivity contribution >= 4 is 17.8 Å². The first-order chi connectivity index (χ1) is 21.0. The van der Waals surface area contributed by atoms with Crippen LogP contribution in [-0.2, 0) is 11.3 Å². The Labute approximate surface area is 252 Å². The number of aliphatic hydroxyl groups excluding tert-OH is 1. The minimum atomic E-state index is -2.92. The number of halogens is 2. The predicted octanol–water partition coefficient (Wildman–Crippen LogP) is 5.41. The molecular formula is C30H34F2N8O4. The maximum absolute atomic E-state index is 13.6. The van der Waals surface area contributed by atoms with Crippen LogP contribution in [0.25, 0.3) is 28.0 Å². The molecule has 0 spiro atoms. The SMILES string of the molecule is CCN(CC)c1ccc(Oc2ccc3c(-c4ccc(C(C)O)c(-c5cn(CC(C)(F)F)nc5C)n4)cnn3c2)nn1.O=CO. The summed E-state index contributed by atoms with van der Waals surface area (Å²) in [5.41, 5.74) is 4.30. The van der Waals surface area contributed by atoms with Crippen molar-refractivity contribution in [2.75, 3.05) is 18.0 Å². The molecule has 0 fully saturated rings. The summed E-state index contributed by atoms with van der Waals surface area (Å²) in [6, 6.07) is 10.9. The van der Waals surface area contributed by atoms with Gasteiger partial charge in [0.15, 0.2) is 5.82 Å². The summed E-state index contributed by atoms with van der Waals surface area (Å²) in [6.07, 6.45) is 4.15. The number of anilines is 1. The predicted molar refractivity (Wildman–Crippen MR) is 160 cm³/mol. The van der Waals surface area contributed by atoms with Crippen molar-refractivity contribution < 1.29 is 28.5 Å². The van der Waals surface area contributed by atoms with Crippen LogP contribution >= 0.6 is 0 Å². The number of carboxylic acid groups (broad SMARTS) is 1. The van der Waals surface area contributed by atoms with E-state index in [1.807, 2.05) is 18.2 Å². The molecule has 5 aromatic rings. The molecular weight excluding hydrogens is 574 g/mol. The van der Waals surface area contributed by atoms with E-state index in [2.05, 4.69) is 39.1 Å². The molecule has 1 unspecified atom stereocenters. The number of carbonyl (C=O) groups is 1. The second-order valence-corrected chi connectivity index (χ2v) is 10.1. The van der Waals surface area contributed by atoms with Crippen molar-refractivity contribution in [2.24, 2.45) is 0 Å². The third kappa shape index (κ3) is 7.32. The Bertz CT molecular complexity index is 1710. The Balaban J connectivity index is 0.00000141. The highest BCUT2D eigenvalue weighted by Gasteiger charge is 2.25. The monoisotopic (exact) mass is 608 g/mol. The van der Waals surface area contributed by atoms with E-state index < -0.39 is 18.6 Å². The van der Waals surface area contributed by atoms with Crippen LogP contribution in [0.4, 0.5) is 14.6 Å². The molecule has 0 aliphatic heterocycles. The lowest BCUT2D eigenvalue weighted by Crippen LogP contribution is -2.23. The normalized spacial score (nSPS) is 12.0. The lowest BCUT2D eigenvalue weighted by atomic mass is 10.0. The summed E-state index contributed by atoms with van der Waals surface area (Å²) in [6.45, 7) is 9.21. The van der Waals surface area contributed by atoms with E-state index in [1.54, 1.807) is 55.2 Å². The Kier molecular flexibility index (Phi) is 9.83. The zero-order valence-corrected chi connectivity index (χ0v) is 25.0. The second kappa shape index (κ2) is 13.5. The Morgan fingerprint density at radius 2 is 1.80 bits per heavy atom. The Morgan fingerprint density at radius 3 is 2.41 bits per heavy atom. The molecule has 5 aromatic heterocycles. The van der Waals surface area contributed by atoms with E-state index in [0.717, 1.165) is 36.9 Å². The molecule has 5 heterocycles. The smallest absolute Gasteiger partial charge is 0.290 e. The standard InChI is InChI=1S/C29H32F2N8O2.CH2O2/c1-6-37(7-2)26-12-13-27(35-34-26)41-20-8-11-25-22(14-32-39(25)15-20)24-10-9-21(19(4)40)28(33-24)23-16-38(36-18(23)3)17-29(5,30)31;2-1-3/h8-16,19,40H,6-7,17H2,1-5H3;1H,(H,2,3). The number of hydrogen-bond acceptors (Lipinski definition) is 9. The number of ether oxygens (including phenoxy) is 1. The van der Waals surface area contributed by atoms with Gasteiger partial charge < -0.3 is 19.8 Å². The van der Waals surface area contributed by atoms with E-state index in [4.69, 9.17) is 19.6 Å². The first-order valence-corrected chi connectivity index (χ1v) is 13.9. The van der Waals surface area contributed by atoms with E-state index >= 15 is 0 Å². The fourth-order valence-electron chi connectivity index (χ4n) is 4.72. The molecule has 12 nitrogen and oxygen atoms in total. The van der Waals surface area contributed by atoms with Crippen LogP contribution in [0.1, 0.15) is 45.1 Å². The third-order valence-corrected chi connectivity index (χ3v) is 6.72. The first-order valence-electron chi connectivity index (χ1n) is 13.9. The molecule has 5 rings (SSSR count). The lowest BCUT2D eigenvalue weighted by Gasteiger charge is -2.18. The Morgan fingerprint density at radius 1 is 1.07 bits per heavy atom. The highest BCUT2D eigenvalue weighted by molar-refractivity contribution is 5.80. The van der Waals surface area contributed by atoms with Crippen LogP contribution in [-0.4, -0.2) is 70.3 Å². The summed E-state index contributed by atoms with van der Waals surface area (Å²) in [7, 11) is 0. The molecule has 0 saturated heterocycles. The highest BCUT2D eigenvalue weighted by Crippen LogP contribution is 2.33. The summed E-state index contributed by atoms with van der Waals surface area (Å²) in [4.78, 5) is 15.3. The molecule has 44 heavy (non-hydrogen) atoms. The zero-order valence-electron chi connectivity index (χ0n) is 25.0. The quantitative estimate of drug-likeness (QED) is 0.198. The van der Waals surface area contributed by atoms with Crippen LogP contribution in [0.3, 0.4) is 0 Å². The number of fused-ring (bicyclic) bond motifs is 1. The number of nitrogens with zero attached hydrogens (tertiary/aromatic N) is 8. The molecule has 14 heteroatoms. The molecule has 0 bridgehead atoms. The topological polar surface area (TPSA) is 144 Å². The van der Waals surface area contributed by atoms with E-state index in [1.165, 1.54) is 4.68 Å². The molecule has 0 aromatic carbocycles. The third-order valence-electron chi connectivity index (χ3n) is 6.72. The fourth-order valence-corrected chi connectivity index (χ4v) is 4.72. The van der Waals surface area contributed by atoms with Crippen molar-refractivity contribution in [1.29, 1.82) is 0 Å². The fraction of sp³-hybridized carbons (Fsp3) is 0.333. The van der Waals surface area contributed by atoms with Gasteiger partial charge in [-0.1, -0.05) is 6.07 Å². The van der Waals surface area contributed by atoms with Crippen molar-refractivity contribution in [3.63, 3.8) is 0 Å². The van der Waals surface area contributed by atoms with Gasteiger partial charge in [-0.3, -0.25) is 9.48 Å². The first kappa shape index (κ1) is 31.9. The summed E-state index contributed by atoms with van der Waals surface area (Å²) in [5, 5.41) is 34.5. The van der Waals surface area contributed by atoms with Crippen LogP contribution in [0.15, 0.2) is 55.0 Å². The van der Waals surface area contributed by atoms with Gasteiger partial charge in [-0.25, -0.2) is 18.3 Å². The number of aliphatic hydroxyl groups is 1. The summed E-state index contributed by atoms with van der Waals surface area (Å²) >= 11 is 0. The number of aromatic nitrogens is 7. The van der Waals surface area contributed by atoms with Crippen molar-refractivity contribution in [3.05, 3.63) is 66.2 Å². The average molecular weight is 609 g/mol. The van der Waals surface area contributed by atoms with Crippen molar-refractivity contribution in [3.8, 4) is 34.1 Å². The van der Waals surface area contributed by atoms with Gasteiger partial charge in [0.05, 0.1) is 41.1 Å². The highest BCUT2D eigenvalue weighted by atomic mass is 19.3. The zero-order chi connectivity index (χ0) is 32.0. The average Bonchev–Trinajstić information content (AvgIpc) is 3.56. The van der Waals surface area contributed by atoms with Gasteiger partial charge in [-0.05, 0) is 52.0 Å². The van der Waals surface area contributed by atoms with Gasteiger partial charge in [0.2, 0.25) is 5.88 Å². The molecule has 232 valence electrons. The largest absolute Gasteiger partial charge is 0.483 e. The van der Waals surface area contributed by atoms with E-state index in [0.29, 0.717) is 39.8 Å². The Hall–Kier alpha value is -4.98. The van der Waals surface area contributed by atoms with E-state index in [-0.39, 0.29) is 6.47 Å². The van der Waals surface area contributed by atoms with Gasteiger partial charge in [0, 0.05) is 49.0 Å². The molecule has 1 atom stereocenters.